The number of nitrogens with zero attached hydrogens (tertiary/aromatic N) is 5. The Balaban J connectivity index is 1.69. The number of rotatable bonds is 3. The lowest BCUT2D eigenvalue weighted by atomic mass is 10.0. The summed E-state index contributed by atoms with van der Waals surface area (Å²) in [7, 11) is 0. The van der Waals surface area contributed by atoms with Crippen LogP contribution in [0.3, 0.4) is 0 Å². The van der Waals surface area contributed by atoms with Crippen LogP contribution in [0.25, 0.3) is 11.4 Å². The molecular formula is C17H11N5O2S. The minimum atomic E-state index is -0.307. The Hall–Kier alpha value is -3.26. The van der Waals surface area contributed by atoms with Gasteiger partial charge in [-0.15, -0.1) is 10.2 Å². The molecule has 3 aromatic rings. The number of allylic oxidation sites excluding steroid dienone is 1. The first kappa shape index (κ1) is 15.3. The largest absolute Gasteiger partial charge is 0.507 e. The highest BCUT2D eigenvalue weighted by Crippen LogP contribution is 2.28. The summed E-state index contributed by atoms with van der Waals surface area (Å²) in [5.74, 6) is 0.192. The van der Waals surface area contributed by atoms with Gasteiger partial charge in [0.25, 0.3) is 0 Å². The summed E-state index contributed by atoms with van der Waals surface area (Å²) >= 11 is 1.25. The van der Waals surface area contributed by atoms with Crippen LogP contribution in [0.15, 0.2) is 70.0 Å². The van der Waals surface area contributed by atoms with E-state index in [1.165, 1.54) is 24.0 Å². The number of hydrogen-bond acceptors (Lipinski definition) is 7. The Labute approximate surface area is 146 Å². The van der Waals surface area contributed by atoms with Crippen LogP contribution < -0.4 is 0 Å². The van der Waals surface area contributed by atoms with E-state index in [1.807, 2.05) is 12.1 Å². The van der Waals surface area contributed by atoms with Crippen molar-refractivity contribution in [1.29, 1.82) is 0 Å². The number of thioether (sulfide) groups is 1. The molecule has 2 aromatic heterocycles. The Morgan fingerprint density at radius 1 is 1.08 bits per heavy atom. The summed E-state index contributed by atoms with van der Waals surface area (Å²) in [5, 5.41) is 24.7. The number of carbonyl (C=O) groups is 1. The normalized spacial score (nSPS) is 13.0. The number of aromatic hydroxyl groups is 1. The lowest BCUT2D eigenvalue weighted by molar-refractivity contribution is 0.103. The van der Waals surface area contributed by atoms with Gasteiger partial charge in [0.1, 0.15) is 5.75 Å². The molecule has 122 valence electrons. The minimum Gasteiger partial charge on any atom is -0.507 e. The predicted octanol–water partition coefficient (Wildman–Crippen LogP) is 2.75. The molecule has 25 heavy (non-hydrogen) atoms. The molecule has 0 spiro atoms. The third-order valence-electron chi connectivity index (χ3n) is 3.57. The number of ketones is 1. The zero-order valence-electron chi connectivity index (χ0n) is 12.8. The van der Waals surface area contributed by atoms with Crippen molar-refractivity contribution in [2.45, 2.75) is 5.16 Å². The predicted molar refractivity (Wildman–Crippen MR) is 93.5 cm³/mol. The zero-order valence-corrected chi connectivity index (χ0v) is 13.6. The van der Waals surface area contributed by atoms with Crippen LogP contribution in [0.2, 0.25) is 0 Å². The quantitative estimate of drug-likeness (QED) is 0.731. The first-order chi connectivity index (χ1) is 12.2. The van der Waals surface area contributed by atoms with Gasteiger partial charge in [0.05, 0.1) is 11.8 Å². The van der Waals surface area contributed by atoms with Crippen LogP contribution in [0.4, 0.5) is 0 Å². The fourth-order valence-electron chi connectivity index (χ4n) is 2.32. The van der Waals surface area contributed by atoms with Gasteiger partial charge in [0.15, 0.2) is 11.6 Å². The second kappa shape index (κ2) is 6.33. The number of pyridine rings is 1. The highest BCUT2D eigenvalue weighted by Gasteiger charge is 2.20. The van der Waals surface area contributed by atoms with Crippen molar-refractivity contribution < 1.29 is 9.90 Å². The first-order valence-corrected chi connectivity index (χ1v) is 8.21. The molecule has 0 unspecified atom stereocenters. The molecule has 0 saturated heterocycles. The average molecular weight is 349 g/mol. The Morgan fingerprint density at radius 3 is 2.68 bits per heavy atom. The molecule has 3 heterocycles. The van der Waals surface area contributed by atoms with E-state index in [4.69, 9.17) is 0 Å². The van der Waals surface area contributed by atoms with E-state index < -0.39 is 0 Å². The maximum Gasteiger partial charge on any atom is 0.216 e. The Morgan fingerprint density at radius 2 is 1.88 bits per heavy atom. The molecule has 4 rings (SSSR count). The maximum absolute atomic E-state index is 12.6. The number of para-hydroxylation sites is 1. The summed E-state index contributed by atoms with van der Waals surface area (Å²) < 4.78 is 1.57. The van der Waals surface area contributed by atoms with E-state index in [0.717, 1.165) is 5.56 Å². The maximum atomic E-state index is 12.6. The smallest absolute Gasteiger partial charge is 0.216 e. The van der Waals surface area contributed by atoms with Gasteiger partial charge < -0.3 is 5.11 Å². The van der Waals surface area contributed by atoms with Crippen LogP contribution >= 0.6 is 11.8 Å². The van der Waals surface area contributed by atoms with E-state index >= 15 is 0 Å². The number of phenols is 1. The summed E-state index contributed by atoms with van der Waals surface area (Å²) in [6.45, 7) is 0. The first-order valence-electron chi connectivity index (χ1n) is 7.34. The number of benzene rings is 1. The fraction of sp³-hybridized carbons (Fsp3) is 0. The van der Waals surface area contributed by atoms with Gasteiger partial charge in [-0.3, -0.25) is 9.78 Å². The van der Waals surface area contributed by atoms with Crippen molar-refractivity contribution in [1.82, 2.24) is 19.9 Å². The molecule has 0 atom stereocenters. The molecule has 1 aromatic carbocycles. The number of phenolic OH excluding ortho intramolecular Hbond substituents is 1. The number of hydrogen-bond donors (Lipinski definition) is 1. The number of fused-ring (bicyclic) bond motifs is 1. The highest BCUT2D eigenvalue weighted by molar-refractivity contribution is 8.02. The van der Waals surface area contributed by atoms with Gasteiger partial charge in [-0.2, -0.15) is 9.78 Å². The van der Waals surface area contributed by atoms with Crippen molar-refractivity contribution in [3.05, 3.63) is 65.3 Å². The standard InChI is InChI=1S/C17H11N5O2S/c23-14-4-2-1-3-13(14)15(24)12-9-19-22-16(11-5-7-18-8-6-11)20-21-17(22)25-10-12/h1-10,23H. The van der Waals surface area contributed by atoms with Gasteiger partial charge in [-0.25, -0.2) is 0 Å². The van der Waals surface area contributed by atoms with Crippen LogP contribution in [0.1, 0.15) is 10.4 Å². The monoisotopic (exact) mass is 349 g/mol. The SMILES string of the molecule is O=C(C1=CSc2nnc(-c3ccncc3)n2N=C1)c1ccccc1O. The molecule has 1 N–H and O–H groups in total. The number of Topliss-reactive ketones (excluding diaryl/α,β-unsaturated/α-hetero) is 1. The molecule has 7 nitrogen and oxygen atoms in total. The third-order valence-corrected chi connectivity index (χ3v) is 4.40. The molecule has 0 amide bonds. The van der Waals surface area contributed by atoms with E-state index in [0.29, 0.717) is 16.6 Å². The lowest BCUT2D eigenvalue weighted by Gasteiger charge is -2.03. The van der Waals surface area contributed by atoms with Gasteiger partial charge >= 0.3 is 0 Å². The third kappa shape index (κ3) is 2.83. The van der Waals surface area contributed by atoms with Gasteiger partial charge in [-0.1, -0.05) is 23.9 Å². The molecule has 8 heteroatoms. The van der Waals surface area contributed by atoms with Crippen molar-refractivity contribution in [3.63, 3.8) is 0 Å². The van der Waals surface area contributed by atoms with Crippen LogP contribution in [-0.2, 0) is 0 Å². The van der Waals surface area contributed by atoms with Crippen LogP contribution in [-0.4, -0.2) is 37.0 Å². The molecular weight excluding hydrogens is 338 g/mol. The second-order valence-electron chi connectivity index (χ2n) is 5.14. The average Bonchev–Trinajstić information content (AvgIpc) is 2.94. The van der Waals surface area contributed by atoms with E-state index in [1.54, 1.807) is 40.7 Å². The van der Waals surface area contributed by atoms with E-state index in [2.05, 4.69) is 20.3 Å². The molecule has 1 aliphatic heterocycles. The summed E-state index contributed by atoms with van der Waals surface area (Å²) in [6.07, 6.45) is 4.78. The van der Waals surface area contributed by atoms with Gasteiger partial charge in [0, 0.05) is 23.5 Å². The molecule has 0 aliphatic carbocycles. The summed E-state index contributed by atoms with van der Waals surface area (Å²) in [5.41, 5.74) is 1.41. The Bertz CT molecular complexity index is 1010. The lowest BCUT2D eigenvalue weighted by Crippen LogP contribution is -2.05. The molecule has 0 radical (unpaired) electrons. The van der Waals surface area contributed by atoms with Crippen LogP contribution in [0, 0.1) is 0 Å². The van der Waals surface area contributed by atoms with Crippen molar-refractivity contribution in [3.8, 4) is 17.1 Å². The van der Waals surface area contributed by atoms with Crippen molar-refractivity contribution in [2.24, 2.45) is 5.10 Å². The molecule has 0 saturated carbocycles. The van der Waals surface area contributed by atoms with Crippen molar-refractivity contribution in [2.75, 3.05) is 0 Å². The minimum absolute atomic E-state index is 0.0621. The molecule has 0 bridgehead atoms. The Kier molecular flexibility index (Phi) is 3.87. The van der Waals surface area contributed by atoms with Crippen LogP contribution in [0.5, 0.6) is 5.75 Å². The van der Waals surface area contributed by atoms with E-state index in [-0.39, 0.29) is 17.1 Å². The number of carbonyl (C=O) groups excluding carboxylic acids is 1. The summed E-state index contributed by atoms with van der Waals surface area (Å²) in [6, 6.07) is 10.0. The van der Waals surface area contributed by atoms with E-state index in [9.17, 15) is 9.90 Å². The molecule has 1 aliphatic rings. The van der Waals surface area contributed by atoms with Gasteiger partial charge in [-0.05, 0) is 29.7 Å². The molecule has 0 fully saturated rings. The van der Waals surface area contributed by atoms with Gasteiger partial charge in [0.2, 0.25) is 5.16 Å². The fourth-order valence-corrected chi connectivity index (χ4v) is 3.05. The summed E-state index contributed by atoms with van der Waals surface area (Å²) in [4.78, 5) is 16.6. The number of aromatic nitrogens is 4. The topological polar surface area (TPSA) is 93.3 Å². The second-order valence-corrected chi connectivity index (χ2v) is 5.97. The van der Waals surface area contributed by atoms with Crippen molar-refractivity contribution >= 4 is 23.8 Å². The highest BCUT2D eigenvalue weighted by atomic mass is 32.2. The zero-order chi connectivity index (χ0) is 17.2.